The summed E-state index contributed by atoms with van der Waals surface area (Å²) in [6.07, 6.45) is -0.458. The number of hydrogen-bond acceptors (Lipinski definition) is 4. The van der Waals surface area contributed by atoms with Gasteiger partial charge in [-0.25, -0.2) is 4.79 Å². The Morgan fingerprint density at radius 2 is 2.27 bits per heavy atom. The number of rotatable bonds is 1. The minimum atomic E-state index is -0.771. The molecule has 15 heavy (non-hydrogen) atoms. The second-order valence-corrected chi connectivity index (χ2v) is 3.10. The quantitative estimate of drug-likeness (QED) is 0.557. The molecule has 1 aliphatic rings. The minimum absolute atomic E-state index is 0.0554. The van der Waals surface area contributed by atoms with Gasteiger partial charge < -0.3 is 14.8 Å². The van der Waals surface area contributed by atoms with Gasteiger partial charge in [-0.3, -0.25) is 4.79 Å². The summed E-state index contributed by atoms with van der Waals surface area (Å²) in [7, 11) is 1.24. The van der Waals surface area contributed by atoms with Crippen LogP contribution >= 0.6 is 0 Å². The van der Waals surface area contributed by atoms with Crippen molar-refractivity contribution in [2.75, 3.05) is 12.4 Å². The lowest BCUT2D eigenvalue weighted by atomic mass is 10.1. The number of carbonyl (C=O) groups is 2. The maximum Gasteiger partial charge on any atom is 0.513 e. The fourth-order valence-electron chi connectivity index (χ4n) is 1.41. The highest BCUT2D eigenvalue weighted by atomic mass is 16.7. The van der Waals surface area contributed by atoms with Gasteiger partial charge in [0.2, 0.25) is 5.91 Å². The number of ether oxygens (including phenoxy) is 2. The molecular weight excluding hydrogens is 198 g/mol. The molecule has 0 atom stereocenters. The highest BCUT2D eigenvalue weighted by molar-refractivity contribution is 5.99. The van der Waals surface area contributed by atoms with Crippen molar-refractivity contribution in [3.05, 3.63) is 23.8 Å². The normalized spacial score (nSPS) is 13.0. The van der Waals surface area contributed by atoms with Crippen molar-refractivity contribution in [2.45, 2.75) is 6.42 Å². The molecule has 0 unspecified atom stereocenters. The van der Waals surface area contributed by atoms with Crippen LogP contribution in [0.3, 0.4) is 0 Å². The van der Waals surface area contributed by atoms with Crippen molar-refractivity contribution in [1.82, 2.24) is 0 Å². The Bertz CT molecular complexity index is 427. The predicted molar refractivity (Wildman–Crippen MR) is 51.8 cm³/mol. The fourth-order valence-corrected chi connectivity index (χ4v) is 1.41. The van der Waals surface area contributed by atoms with Gasteiger partial charge in [0.1, 0.15) is 5.75 Å². The van der Waals surface area contributed by atoms with Gasteiger partial charge in [0.25, 0.3) is 0 Å². The van der Waals surface area contributed by atoms with Gasteiger partial charge in [-0.1, -0.05) is 0 Å². The lowest BCUT2D eigenvalue weighted by molar-refractivity contribution is -0.115. The molecule has 0 saturated carbocycles. The van der Waals surface area contributed by atoms with Crippen molar-refractivity contribution < 1.29 is 19.1 Å². The summed E-state index contributed by atoms with van der Waals surface area (Å²) < 4.78 is 9.17. The first-order chi connectivity index (χ1) is 7.19. The van der Waals surface area contributed by atoms with E-state index in [1.54, 1.807) is 18.2 Å². The Hall–Kier alpha value is -2.04. The number of methoxy groups -OCH3 is 1. The van der Waals surface area contributed by atoms with Gasteiger partial charge in [-0.15, -0.1) is 0 Å². The first-order valence-corrected chi connectivity index (χ1v) is 4.37. The maximum absolute atomic E-state index is 11.0. The Balaban J connectivity index is 2.20. The van der Waals surface area contributed by atoms with Crippen molar-refractivity contribution in [3.8, 4) is 5.75 Å². The lowest BCUT2D eigenvalue weighted by Crippen LogP contribution is -2.07. The van der Waals surface area contributed by atoms with Crippen LogP contribution in [0.1, 0.15) is 5.56 Å². The van der Waals surface area contributed by atoms with Crippen LogP contribution in [0.15, 0.2) is 18.2 Å². The van der Waals surface area contributed by atoms with Gasteiger partial charge in [0.15, 0.2) is 0 Å². The van der Waals surface area contributed by atoms with E-state index < -0.39 is 6.16 Å². The lowest BCUT2D eigenvalue weighted by Gasteiger charge is -2.03. The molecule has 5 nitrogen and oxygen atoms in total. The number of nitrogens with one attached hydrogen (secondary N) is 1. The highest BCUT2D eigenvalue weighted by Crippen LogP contribution is 2.27. The highest BCUT2D eigenvalue weighted by Gasteiger charge is 2.18. The van der Waals surface area contributed by atoms with Crippen LogP contribution in [0, 0.1) is 0 Å². The van der Waals surface area contributed by atoms with Crippen molar-refractivity contribution in [1.29, 1.82) is 0 Å². The van der Waals surface area contributed by atoms with Gasteiger partial charge in [-0.05, 0) is 23.8 Å². The molecule has 1 aliphatic heterocycles. The van der Waals surface area contributed by atoms with Gasteiger partial charge in [-0.2, -0.15) is 0 Å². The summed E-state index contributed by atoms with van der Waals surface area (Å²) in [6.45, 7) is 0. The van der Waals surface area contributed by atoms with Gasteiger partial charge in [0.05, 0.1) is 13.5 Å². The van der Waals surface area contributed by atoms with Gasteiger partial charge >= 0.3 is 6.16 Å². The van der Waals surface area contributed by atoms with E-state index in [0.29, 0.717) is 12.2 Å². The van der Waals surface area contributed by atoms with E-state index in [2.05, 4.69) is 10.1 Å². The standard InChI is InChI=1S/C10H9NO4/c1-14-10(13)15-7-2-3-8-6(4-7)5-9(12)11-8/h2-4H,5H2,1H3,(H,11,12). The van der Waals surface area contributed by atoms with E-state index in [0.717, 1.165) is 11.3 Å². The van der Waals surface area contributed by atoms with E-state index in [-0.39, 0.29) is 5.91 Å². The van der Waals surface area contributed by atoms with Crippen LogP contribution in [0.4, 0.5) is 10.5 Å². The zero-order chi connectivity index (χ0) is 10.8. The predicted octanol–water partition coefficient (Wildman–Crippen LogP) is 1.33. The summed E-state index contributed by atoms with van der Waals surface area (Å²) in [5.41, 5.74) is 1.58. The third-order valence-corrected chi connectivity index (χ3v) is 2.07. The second-order valence-electron chi connectivity index (χ2n) is 3.10. The Morgan fingerprint density at radius 3 is 3.00 bits per heavy atom. The molecule has 0 spiro atoms. The molecule has 1 aromatic rings. The number of amides is 1. The molecule has 1 heterocycles. The van der Waals surface area contributed by atoms with Crippen LogP contribution in [-0.2, 0) is 16.0 Å². The van der Waals surface area contributed by atoms with Gasteiger partial charge in [0, 0.05) is 5.69 Å². The summed E-state index contributed by atoms with van der Waals surface area (Å²) in [6, 6.07) is 4.93. The van der Waals surface area contributed by atoms with Crippen LogP contribution in [0.25, 0.3) is 0 Å². The zero-order valence-corrected chi connectivity index (χ0v) is 8.07. The maximum atomic E-state index is 11.0. The first-order valence-electron chi connectivity index (χ1n) is 4.37. The van der Waals surface area contributed by atoms with Crippen molar-refractivity contribution >= 4 is 17.7 Å². The van der Waals surface area contributed by atoms with E-state index >= 15 is 0 Å². The molecule has 78 valence electrons. The van der Waals surface area contributed by atoms with Crippen LogP contribution in [-0.4, -0.2) is 19.2 Å². The molecule has 1 N–H and O–H groups in total. The molecular formula is C10H9NO4. The second kappa shape index (κ2) is 3.61. The molecule has 0 radical (unpaired) electrons. The van der Waals surface area contributed by atoms with Crippen LogP contribution in [0.2, 0.25) is 0 Å². The number of carbonyl (C=O) groups excluding carboxylic acids is 2. The molecule has 0 bridgehead atoms. The average Bonchev–Trinajstić information content (AvgIpc) is 2.57. The number of anilines is 1. The third kappa shape index (κ3) is 1.90. The van der Waals surface area contributed by atoms with E-state index in [9.17, 15) is 9.59 Å². The molecule has 5 heteroatoms. The van der Waals surface area contributed by atoms with E-state index in [1.807, 2.05) is 0 Å². The minimum Gasteiger partial charge on any atom is -0.437 e. The summed E-state index contributed by atoms with van der Waals surface area (Å²) in [4.78, 5) is 21.9. The molecule has 0 aliphatic carbocycles. The van der Waals surface area contributed by atoms with E-state index in [1.165, 1.54) is 7.11 Å². The summed E-state index contributed by atoms with van der Waals surface area (Å²) in [5.74, 6) is 0.317. The summed E-state index contributed by atoms with van der Waals surface area (Å²) in [5, 5.41) is 2.68. The number of hydrogen-bond donors (Lipinski definition) is 1. The molecule has 0 aromatic heterocycles. The van der Waals surface area contributed by atoms with Crippen molar-refractivity contribution in [2.24, 2.45) is 0 Å². The average molecular weight is 207 g/mol. The largest absolute Gasteiger partial charge is 0.513 e. The molecule has 0 saturated heterocycles. The third-order valence-electron chi connectivity index (χ3n) is 2.07. The summed E-state index contributed by atoms with van der Waals surface area (Å²) >= 11 is 0. The number of fused-ring (bicyclic) bond motifs is 1. The smallest absolute Gasteiger partial charge is 0.437 e. The van der Waals surface area contributed by atoms with Crippen LogP contribution < -0.4 is 10.1 Å². The Morgan fingerprint density at radius 1 is 1.47 bits per heavy atom. The SMILES string of the molecule is COC(=O)Oc1ccc2c(c1)CC(=O)N2. The molecule has 2 rings (SSSR count). The molecule has 1 amide bonds. The Labute approximate surface area is 86.0 Å². The van der Waals surface area contributed by atoms with Crippen molar-refractivity contribution in [3.63, 3.8) is 0 Å². The zero-order valence-electron chi connectivity index (χ0n) is 8.07. The topological polar surface area (TPSA) is 64.6 Å². The fraction of sp³-hybridized carbons (Fsp3) is 0.200. The first kappa shape index (κ1) is 9.51. The molecule has 1 aromatic carbocycles. The molecule has 0 fully saturated rings. The van der Waals surface area contributed by atoms with E-state index in [4.69, 9.17) is 4.74 Å². The van der Waals surface area contributed by atoms with Crippen LogP contribution in [0.5, 0.6) is 5.75 Å². The Kier molecular flexibility index (Phi) is 2.29. The monoisotopic (exact) mass is 207 g/mol. The number of benzene rings is 1.